The number of rotatable bonds is 4. The van der Waals surface area contributed by atoms with Crippen molar-refractivity contribution in [3.63, 3.8) is 0 Å². The summed E-state index contributed by atoms with van der Waals surface area (Å²) in [5, 5.41) is 3.67. The van der Waals surface area contributed by atoms with Gasteiger partial charge in [-0.25, -0.2) is 9.78 Å². The summed E-state index contributed by atoms with van der Waals surface area (Å²) in [4.78, 5) is 33.4. The SMILES string of the molecule is CCOc1cc(-c2cc(=O)[nH]c(C)n2)sc1-c1noc(=O)[nH]1. The smallest absolute Gasteiger partial charge is 0.439 e. The van der Waals surface area contributed by atoms with Crippen LogP contribution in [0.4, 0.5) is 0 Å². The van der Waals surface area contributed by atoms with Crippen LogP contribution >= 0.6 is 11.3 Å². The molecule has 0 unspecified atom stereocenters. The van der Waals surface area contributed by atoms with E-state index in [1.165, 1.54) is 17.4 Å². The molecule has 0 atom stereocenters. The lowest BCUT2D eigenvalue weighted by Crippen LogP contribution is -2.07. The van der Waals surface area contributed by atoms with Crippen molar-refractivity contribution < 1.29 is 9.26 Å². The molecule has 3 aromatic heterocycles. The number of hydrogen-bond donors (Lipinski definition) is 2. The third kappa shape index (κ3) is 2.70. The van der Waals surface area contributed by atoms with Crippen molar-refractivity contribution in [3.8, 4) is 27.0 Å². The molecule has 0 saturated carbocycles. The predicted octanol–water partition coefficient (Wildman–Crippen LogP) is 1.55. The Kier molecular flexibility index (Phi) is 3.63. The summed E-state index contributed by atoms with van der Waals surface area (Å²) < 4.78 is 10.1. The minimum Gasteiger partial charge on any atom is -0.492 e. The highest BCUT2D eigenvalue weighted by molar-refractivity contribution is 7.19. The van der Waals surface area contributed by atoms with Gasteiger partial charge in [0.1, 0.15) is 16.5 Å². The molecule has 22 heavy (non-hydrogen) atoms. The van der Waals surface area contributed by atoms with Crippen molar-refractivity contribution in [2.75, 3.05) is 6.61 Å². The molecule has 0 spiro atoms. The number of aromatic nitrogens is 4. The summed E-state index contributed by atoms with van der Waals surface area (Å²) in [5.41, 5.74) is 0.301. The van der Waals surface area contributed by atoms with E-state index in [2.05, 4.69) is 24.6 Å². The molecule has 0 amide bonds. The van der Waals surface area contributed by atoms with Crippen LogP contribution in [0.2, 0.25) is 0 Å². The minimum atomic E-state index is -0.641. The van der Waals surface area contributed by atoms with E-state index in [0.717, 1.165) is 4.88 Å². The molecule has 0 radical (unpaired) electrons. The molecule has 9 heteroatoms. The highest BCUT2D eigenvalue weighted by atomic mass is 32.1. The Hall–Kier alpha value is -2.68. The quantitative estimate of drug-likeness (QED) is 0.754. The van der Waals surface area contributed by atoms with Gasteiger partial charge in [-0.2, -0.15) is 0 Å². The van der Waals surface area contributed by atoms with Crippen LogP contribution in [0.15, 0.2) is 26.2 Å². The van der Waals surface area contributed by atoms with Crippen LogP contribution < -0.4 is 16.1 Å². The lowest BCUT2D eigenvalue weighted by Gasteiger charge is -2.00. The molecule has 3 heterocycles. The van der Waals surface area contributed by atoms with E-state index in [-0.39, 0.29) is 11.4 Å². The molecule has 3 aromatic rings. The van der Waals surface area contributed by atoms with Crippen molar-refractivity contribution in [3.05, 3.63) is 38.9 Å². The second-order valence-corrected chi connectivity index (χ2v) is 5.45. The van der Waals surface area contributed by atoms with Gasteiger partial charge in [-0.15, -0.1) is 11.3 Å². The zero-order chi connectivity index (χ0) is 15.7. The number of ether oxygens (including phenoxy) is 1. The first kappa shape index (κ1) is 14.3. The molecule has 2 N–H and O–H groups in total. The van der Waals surface area contributed by atoms with Gasteiger partial charge in [0.25, 0.3) is 5.56 Å². The Labute approximate surface area is 127 Å². The second-order valence-electron chi connectivity index (χ2n) is 4.40. The molecular formula is C13H12N4O4S. The average molecular weight is 320 g/mol. The molecule has 0 aliphatic carbocycles. The van der Waals surface area contributed by atoms with Gasteiger partial charge in [0.15, 0.2) is 5.82 Å². The average Bonchev–Trinajstić information content (AvgIpc) is 3.04. The molecule has 0 aliphatic rings. The topological polar surface area (TPSA) is 114 Å². The summed E-state index contributed by atoms with van der Waals surface area (Å²) >= 11 is 1.30. The number of thiophene rings is 1. The number of nitrogens with one attached hydrogen (secondary N) is 2. The summed E-state index contributed by atoms with van der Waals surface area (Å²) in [6, 6.07) is 3.17. The van der Waals surface area contributed by atoms with E-state index in [9.17, 15) is 9.59 Å². The number of hydrogen-bond acceptors (Lipinski definition) is 7. The predicted molar refractivity (Wildman–Crippen MR) is 80.2 cm³/mol. The zero-order valence-electron chi connectivity index (χ0n) is 11.8. The summed E-state index contributed by atoms with van der Waals surface area (Å²) in [6.45, 7) is 4.01. The van der Waals surface area contributed by atoms with Crippen molar-refractivity contribution in [2.45, 2.75) is 13.8 Å². The number of H-pyrrole nitrogens is 2. The van der Waals surface area contributed by atoms with Crippen LogP contribution in [0.5, 0.6) is 5.75 Å². The minimum absolute atomic E-state index is 0.231. The molecule has 0 aliphatic heterocycles. The van der Waals surface area contributed by atoms with Crippen LogP contribution in [0.3, 0.4) is 0 Å². The van der Waals surface area contributed by atoms with Gasteiger partial charge >= 0.3 is 5.76 Å². The van der Waals surface area contributed by atoms with Gasteiger partial charge in [-0.05, 0) is 13.8 Å². The normalized spacial score (nSPS) is 10.8. The van der Waals surface area contributed by atoms with E-state index >= 15 is 0 Å². The fourth-order valence-corrected chi connectivity index (χ4v) is 2.96. The summed E-state index contributed by atoms with van der Waals surface area (Å²) in [7, 11) is 0. The maximum Gasteiger partial charge on any atom is 0.439 e. The maximum absolute atomic E-state index is 11.6. The summed E-state index contributed by atoms with van der Waals surface area (Å²) in [5.74, 6) is 0.709. The number of aryl methyl sites for hydroxylation is 1. The lowest BCUT2D eigenvalue weighted by molar-refractivity contribution is 0.342. The first-order valence-electron chi connectivity index (χ1n) is 6.48. The third-order valence-electron chi connectivity index (χ3n) is 2.77. The van der Waals surface area contributed by atoms with E-state index in [1.54, 1.807) is 13.0 Å². The van der Waals surface area contributed by atoms with Gasteiger partial charge in [0.05, 0.1) is 17.2 Å². The van der Waals surface area contributed by atoms with Gasteiger partial charge in [-0.3, -0.25) is 14.3 Å². The molecule has 3 rings (SSSR count). The molecule has 8 nitrogen and oxygen atoms in total. The maximum atomic E-state index is 11.6. The van der Waals surface area contributed by atoms with Gasteiger partial charge < -0.3 is 9.72 Å². The van der Waals surface area contributed by atoms with E-state index < -0.39 is 5.76 Å². The third-order valence-corrected chi connectivity index (χ3v) is 3.91. The molecule has 0 fully saturated rings. The Morgan fingerprint density at radius 3 is 2.77 bits per heavy atom. The first-order chi connectivity index (χ1) is 10.6. The Morgan fingerprint density at radius 2 is 2.14 bits per heavy atom. The monoisotopic (exact) mass is 320 g/mol. The molecule has 0 saturated heterocycles. The summed E-state index contributed by atoms with van der Waals surface area (Å²) in [6.07, 6.45) is 0. The highest BCUT2D eigenvalue weighted by Crippen LogP contribution is 2.40. The van der Waals surface area contributed by atoms with Gasteiger partial charge in [-0.1, -0.05) is 5.16 Å². The first-order valence-corrected chi connectivity index (χ1v) is 7.30. The fraction of sp³-hybridized carbons (Fsp3) is 0.231. The van der Waals surface area contributed by atoms with Gasteiger partial charge in [0, 0.05) is 12.1 Å². The van der Waals surface area contributed by atoms with Crippen molar-refractivity contribution >= 4 is 11.3 Å². The Morgan fingerprint density at radius 1 is 1.32 bits per heavy atom. The number of nitrogens with zero attached hydrogens (tertiary/aromatic N) is 2. The lowest BCUT2D eigenvalue weighted by atomic mass is 10.3. The number of aromatic amines is 2. The Balaban J connectivity index is 2.14. The molecule has 0 bridgehead atoms. The second kappa shape index (κ2) is 5.60. The fourth-order valence-electron chi connectivity index (χ4n) is 1.96. The van der Waals surface area contributed by atoms with Crippen molar-refractivity contribution in [2.24, 2.45) is 0 Å². The van der Waals surface area contributed by atoms with Crippen LogP contribution in [-0.2, 0) is 0 Å². The van der Waals surface area contributed by atoms with Crippen LogP contribution in [-0.4, -0.2) is 26.7 Å². The van der Waals surface area contributed by atoms with Crippen molar-refractivity contribution in [1.82, 2.24) is 20.1 Å². The molecular weight excluding hydrogens is 308 g/mol. The zero-order valence-corrected chi connectivity index (χ0v) is 12.6. The standard InChI is InChI=1S/C13H12N4O4S/c1-3-20-8-5-9(7-4-10(18)15-6(2)14-7)22-11(8)12-16-13(19)21-17-12/h4-5H,3H2,1-2H3,(H,14,15,18)(H,16,17,19). The highest BCUT2D eigenvalue weighted by Gasteiger charge is 2.18. The van der Waals surface area contributed by atoms with E-state index in [1.807, 2.05) is 6.92 Å². The van der Waals surface area contributed by atoms with Gasteiger partial charge in [0.2, 0.25) is 0 Å². The van der Waals surface area contributed by atoms with Crippen LogP contribution in [0.1, 0.15) is 12.7 Å². The molecule has 0 aromatic carbocycles. The van der Waals surface area contributed by atoms with Crippen LogP contribution in [0.25, 0.3) is 21.3 Å². The van der Waals surface area contributed by atoms with Crippen molar-refractivity contribution in [1.29, 1.82) is 0 Å². The van der Waals surface area contributed by atoms with E-state index in [0.29, 0.717) is 28.8 Å². The van der Waals surface area contributed by atoms with Crippen LogP contribution in [0, 0.1) is 6.92 Å². The largest absolute Gasteiger partial charge is 0.492 e. The van der Waals surface area contributed by atoms with E-state index in [4.69, 9.17) is 4.74 Å². The Bertz CT molecular complexity index is 921. The molecule has 114 valence electrons.